The molecule has 0 bridgehead atoms. The molecule has 0 radical (unpaired) electrons. The first-order chi connectivity index (χ1) is 7.09. The Morgan fingerprint density at radius 3 is 2.53 bits per heavy atom. The third kappa shape index (κ3) is 1.93. The molecule has 1 heterocycles. The lowest BCUT2D eigenvalue weighted by atomic mass is 10.2. The first kappa shape index (κ1) is 10.7. The lowest BCUT2D eigenvalue weighted by Crippen LogP contribution is -1.94. The summed E-state index contributed by atoms with van der Waals surface area (Å²) in [4.78, 5) is 3.82. The second kappa shape index (κ2) is 3.97. The maximum atomic E-state index is 13.4. The lowest BCUT2D eigenvalue weighted by Gasteiger charge is -2.02. The van der Waals surface area contributed by atoms with E-state index in [9.17, 15) is 8.78 Å². The summed E-state index contributed by atoms with van der Waals surface area (Å²) >= 11 is 2.66. The number of nitrogens with two attached hydrogens (primary N) is 1. The van der Waals surface area contributed by atoms with Gasteiger partial charge in [-0.05, 0) is 34.7 Å². The highest BCUT2D eigenvalue weighted by Crippen LogP contribution is 2.29. The summed E-state index contributed by atoms with van der Waals surface area (Å²) in [6.45, 7) is 0. The fourth-order valence-corrected chi connectivity index (χ4v) is 2.19. The van der Waals surface area contributed by atoms with E-state index in [1.54, 1.807) is 22.6 Å². The predicted molar refractivity (Wildman–Crippen MR) is 62.4 cm³/mol. The number of rotatable bonds is 1. The highest BCUT2D eigenvalue weighted by Gasteiger charge is 2.17. The molecule has 1 aromatic carbocycles. The van der Waals surface area contributed by atoms with Crippen LogP contribution in [-0.4, -0.2) is 9.36 Å². The van der Waals surface area contributed by atoms with E-state index < -0.39 is 11.6 Å². The van der Waals surface area contributed by atoms with Crippen molar-refractivity contribution in [3.05, 3.63) is 27.3 Å². The summed E-state index contributed by atoms with van der Waals surface area (Å²) in [5, 5.41) is 0.226. The van der Waals surface area contributed by atoms with Gasteiger partial charge in [-0.25, -0.2) is 8.78 Å². The average Bonchev–Trinajstić information content (AvgIpc) is 2.59. The van der Waals surface area contributed by atoms with Crippen molar-refractivity contribution < 1.29 is 8.78 Å². The zero-order chi connectivity index (χ0) is 11.0. The number of anilines is 1. The molecule has 0 spiro atoms. The molecule has 0 amide bonds. The van der Waals surface area contributed by atoms with Gasteiger partial charge in [-0.15, -0.1) is 0 Å². The van der Waals surface area contributed by atoms with Gasteiger partial charge in [-0.1, -0.05) is 0 Å². The molecule has 7 heteroatoms. The Labute approximate surface area is 102 Å². The van der Waals surface area contributed by atoms with E-state index >= 15 is 0 Å². The first-order valence-electron chi connectivity index (χ1n) is 3.82. The first-order valence-corrected chi connectivity index (χ1v) is 5.68. The normalized spacial score (nSPS) is 10.6. The fourth-order valence-electron chi connectivity index (χ4n) is 1.07. The Kier molecular flexibility index (Phi) is 2.83. The maximum absolute atomic E-state index is 13.4. The minimum atomic E-state index is -0.557. The number of hydrogen-bond acceptors (Lipinski definition) is 4. The molecular formula is C8H4F2IN3S. The van der Waals surface area contributed by atoms with Crippen molar-refractivity contribution in [2.75, 3.05) is 5.73 Å². The summed E-state index contributed by atoms with van der Waals surface area (Å²) < 4.78 is 30.6. The Hall–Kier alpha value is -0.830. The number of benzene rings is 1. The van der Waals surface area contributed by atoms with Crippen LogP contribution in [0.4, 0.5) is 13.9 Å². The molecule has 3 nitrogen and oxygen atoms in total. The van der Waals surface area contributed by atoms with Crippen LogP contribution in [0, 0.1) is 15.2 Å². The van der Waals surface area contributed by atoms with Crippen molar-refractivity contribution in [1.29, 1.82) is 0 Å². The van der Waals surface area contributed by atoms with Crippen molar-refractivity contribution >= 4 is 39.3 Å². The van der Waals surface area contributed by atoms with Gasteiger partial charge in [-0.3, -0.25) is 0 Å². The third-order valence-corrected chi connectivity index (χ3v) is 3.31. The standard InChI is InChI=1S/C8H4F2IN3S/c9-3-1-2-4(10)6(11)5(3)7-13-8(12)15-14-7/h1-2H,(H2,12,13,14). The predicted octanol–water partition coefficient (Wildman–Crippen LogP) is 2.67. The maximum Gasteiger partial charge on any atom is 0.200 e. The number of aromatic nitrogens is 2. The minimum absolute atomic E-state index is 0.0588. The SMILES string of the molecule is Nc1nc(-c2c(F)ccc(F)c2I)ns1. The molecule has 0 saturated carbocycles. The van der Waals surface area contributed by atoms with Crippen molar-refractivity contribution in [1.82, 2.24) is 9.36 Å². The fraction of sp³-hybridized carbons (Fsp3) is 0. The van der Waals surface area contributed by atoms with E-state index in [1.165, 1.54) is 0 Å². The molecule has 1 aromatic heterocycles. The van der Waals surface area contributed by atoms with Gasteiger partial charge in [0, 0.05) is 11.5 Å². The van der Waals surface area contributed by atoms with Gasteiger partial charge in [-0.2, -0.15) is 9.36 Å². The van der Waals surface area contributed by atoms with Crippen LogP contribution in [0.3, 0.4) is 0 Å². The van der Waals surface area contributed by atoms with Crippen LogP contribution >= 0.6 is 34.1 Å². The zero-order valence-electron chi connectivity index (χ0n) is 7.17. The van der Waals surface area contributed by atoms with E-state index in [0.717, 1.165) is 23.7 Å². The van der Waals surface area contributed by atoms with Gasteiger partial charge in [0.2, 0.25) is 0 Å². The van der Waals surface area contributed by atoms with Crippen LogP contribution in [0.15, 0.2) is 12.1 Å². The largest absolute Gasteiger partial charge is 0.374 e. The minimum Gasteiger partial charge on any atom is -0.374 e. The summed E-state index contributed by atoms with van der Waals surface area (Å²) in [7, 11) is 0. The van der Waals surface area contributed by atoms with Crippen LogP contribution in [-0.2, 0) is 0 Å². The van der Waals surface area contributed by atoms with Crippen LogP contribution in [0.25, 0.3) is 11.4 Å². The van der Waals surface area contributed by atoms with Gasteiger partial charge in [0.1, 0.15) is 11.6 Å². The third-order valence-electron chi connectivity index (χ3n) is 1.71. The summed E-state index contributed by atoms with van der Waals surface area (Å²) in [5.41, 5.74) is 5.44. The molecule has 78 valence electrons. The van der Waals surface area contributed by atoms with Gasteiger partial charge in [0.15, 0.2) is 11.0 Å². The van der Waals surface area contributed by atoms with Crippen LogP contribution < -0.4 is 5.73 Å². The molecule has 2 aromatic rings. The van der Waals surface area contributed by atoms with Crippen LogP contribution in [0.5, 0.6) is 0 Å². The van der Waals surface area contributed by atoms with E-state index in [4.69, 9.17) is 5.73 Å². The Morgan fingerprint density at radius 2 is 1.93 bits per heavy atom. The van der Waals surface area contributed by atoms with Gasteiger partial charge >= 0.3 is 0 Å². The molecule has 2 rings (SSSR count). The molecule has 15 heavy (non-hydrogen) atoms. The van der Waals surface area contributed by atoms with Crippen LogP contribution in [0.1, 0.15) is 0 Å². The topological polar surface area (TPSA) is 51.8 Å². The molecule has 0 aliphatic carbocycles. The number of halogens is 3. The van der Waals surface area contributed by atoms with Crippen molar-refractivity contribution in [2.45, 2.75) is 0 Å². The smallest absolute Gasteiger partial charge is 0.200 e. The van der Waals surface area contributed by atoms with Crippen LogP contribution in [0.2, 0.25) is 0 Å². The van der Waals surface area contributed by atoms with Crippen molar-refractivity contribution in [3.63, 3.8) is 0 Å². The second-order valence-corrected chi connectivity index (χ2v) is 4.54. The molecule has 0 unspecified atom stereocenters. The van der Waals surface area contributed by atoms with E-state index in [0.29, 0.717) is 0 Å². The van der Waals surface area contributed by atoms with Crippen molar-refractivity contribution in [2.24, 2.45) is 0 Å². The molecular weight excluding hydrogens is 335 g/mol. The zero-order valence-corrected chi connectivity index (χ0v) is 10.1. The number of nitrogen functional groups attached to an aromatic ring is 1. The molecule has 0 atom stereocenters. The van der Waals surface area contributed by atoms with E-state index in [1.807, 2.05) is 0 Å². The van der Waals surface area contributed by atoms with E-state index in [-0.39, 0.29) is 20.1 Å². The Morgan fingerprint density at radius 1 is 1.27 bits per heavy atom. The highest BCUT2D eigenvalue weighted by molar-refractivity contribution is 14.1. The van der Waals surface area contributed by atoms with Crippen molar-refractivity contribution in [3.8, 4) is 11.4 Å². The molecule has 0 fully saturated rings. The molecule has 2 N–H and O–H groups in total. The van der Waals surface area contributed by atoms with Gasteiger partial charge < -0.3 is 5.73 Å². The lowest BCUT2D eigenvalue weighted by molar-refractivity contribution is 0.596. The van der Waals surface area contributed by atoms with Gasteiger partial charge in [0.05, 0.1) is 9.13 Å². The monoisotopic (exact) mass is 339 g/mol. The van der Waals surface area contributed by atoms with E-state index in [2.05, 4.69) is 9.36 Å². The number of hydrogen-bond donors (Lipinski definition) is 1. The number of nitrogens with zero attached hydrogens (tertiary/aromatic N) is 2. The highest BCUT2D eigenvalue weighted by atomic mass is 127. The summed E-state index contributed by atoms with van der Waals surface area (Å²) in [6, 6.07) is 2.11. The molecule has 0 saturated heterocycles. The molecule has 0 aliphatic rings. The Balaban J connectivity index is 2.66. The summed E-state index contributed by atoms with van der Waals surface area (Å²) in [6.07, 6.45) is 0. The second-order valence-electron chi connectivity index (χ2n) is 2.67. The molecule has 0 aliphatic heterocycles. The van der Waals surface area contributed by atoms with Gasteiger partial charge in [0.25, 0.3) is 0 Å². The Bertz CT molecular complexity index is 515. The quantitative estimate of drug-likeness (QED) is 0.642. The average molecular weight is 339 g/mol. The summed E-state index contributed by atoms with van der Waals surface area (Å²) in [5.74, 6) is -0.933.